The number of carboxylic acid groups (broad SMARTS) is 1. The number of rotatable bonds is 6. The van der Waals surface area contributed by atoms with Crippen LogP contribution in [-0.4, -0.2) is 22.8 Å². The van der Waals surface area contributed by atoms with E-state index in [2.05, 4.69) is 10.2 Å². The maximum absolute atomic E-state index is 12.7. The predicted molar refractivity (Wildman–Crippen MR) is 114 cm³/mol. The number of amides is 1. The standard InChI is InChI=1S/C24H18N2O4/c1-15(27)26-20-12-8-17(9-13-20)22(28)14-18-4-3-5-21(23(18)24(29)30)16-6-10-19(25-2)11-7-16/h3-13H,14H2,1H3,(H,26,27)(H,29,30). The molecule has 0 aromatic heterocycles. The van der Waals surface area contributed by atoms with Crippen molar-refractivity contribution in [2.75, 3.05) is 5.32 Å². The third-order valence-corrected chi connectivity index (χ3v) is 4.55. The van der Waals surface area contributed by atoms with Crippen LogP contribution in [0.4, 0.5) is 11.4 Å². The lowest BCUT2D eigenvalue weighted by Crippen LogP contribution is -2.11. The number of nitrogens with zero attached hydrogens (tertiary/aromatic N) is 1. The fraction of sp³-hybridized carbons (Fsp3) is 0.0833. The van der Waals surface area contributed by atoms with Gasteiger partial charge in [-0.15, -0.1) is 0 Å². The Bertz CT molecular complexity index is 1160. The van der Waals surface area contributed by atoms with E-state index in [1.807, 2.05) is 0 Å². The Balaban J connectivity index is 1.92. The second-order valence-electron chi connectivity index (χ2n) is 6.66. The van der Waals surface area contributed by atoms with Crippen molar-refractivity contribution in [3.8, 4) is 11.1 Å². The average molecular weight is 398 g/mol. The minimum atomic E-state index is -1.12. The number of hydrogen-bond acceptors (Lipinski definition) is 3. The first-order valence-corrected chi connectivity index (χ1v) is 9.13. The highest BCUT2D eigenvalue weighted by atomic mass is 16.4. The third-order valence-electron chi connectivity index (χ3n) is 4.55. The number of nitrogens with one attached hydrogen (secondary N) is 1. The van der Waals surface area contributed by atoms with Crippen molar-refractivity contribution in [3.63, 3.8) is 0 Å². The van der Waals surface area contributed by atoms with Crippen LogP contribution in [0, 0.1) is 6.57 Å². The maximum Gasteiger partial charge on any atom is 0.336 e. The lowest BCUT2D eigenvalue weighted by Gasteiger charge is -2.12. The zero-order chi connectivity index (χ0) is 21.7. The zero-order valence-corrected chi connectivity index (χ0v) is 16.2. The van der Waals surface area contributed by atoms with Gasteiger partial charge in [0, 0.05) is 24.6 Å². The maximum atomic E-state index is 12.7. The minimum absolute atomic E-state index is 0.0660. The molecule has 3 aromatic rings. The number of anilines is 1. The summed E-state index contributed by atoms with van der Waals surface area (Å²) in [7, 11) is 0. The van der Waals surface area contributed by atoms with Gasteiger partial charge in [-0.2, -0.15) is 0 Å². The van der Waals surface area contributed by atoms with E-state index in [0.29, 0.717) is 33.6 Å². The van der Waals surface area contributed by atoms with Crippen molar-refractivity contribution in [2.24, 2.45) is 0 Å². The molecule has 0 aliphatic heterocycles. The van der Waals surface area contributed by atoms with Gasteiger partial charge >= 0.3 is 5.97 Å². The molecule has 30 heavy (non-hydrogen) atoms. The van der Waals surface area contributed by atoms with Crippen LogP contribution < -0.4 is 5.32 Å². The van der Waals surface area contributed by atoms with Crippen molar-refractivity contribution in [2.45, 2.75) is 13.3 Å². The van der Waals surface area contributed by atoms with Crippen LogP contribution in [0.15, 0.2) is 66.7 Å². The highest BCUT2D eigenvalue weighted by molar-refractivity contribution is 6.03. The summed E-state index contributed by atoms with van der Waals surface area (Å²) < 4.78 is 0. The second kappa shape index (κ2) is 8.84. The Morgan fingerprint density at radius 1 is 0.967 bits per heavy atom. The van der Waals surface area contributed by atoms with E-state index < -0.39 is 5.97 Å². The molecule has 0 saturated heterocycles. The smallest absolute Gasteiger partial charge is 0.336 e. The molecule has 2 N–H and O–H groups in total. The molecule has 3 aromatic carbocycles. The first-order chi connectivity index (χ1) is 14.4. The molecule has 0 radical (unpaired) electrons. The molecule has 6 heteroatoms. The number of benzene rings is 3. The van der Waals surface area contributed by atoms with Gasteiger partial charge in [-0.25, -0.2) is 9.64 Å². The topological polar surface area (TPSA) is 87.8 Å². The van der Waals surface area contributed by atoms with E-state index in [0.717, 1.165) is 0 Å². The molecule has 0 fully saturated rings. The third kappa shape index (κ3) is 4.59. The van der Waals surface area contributed by atoms with Gasteiger partial charge in [0.15, 0.2) is 11.5 Å². The van der Waals surface area contributed by atoms with Gasteiger partial charge in [-0.3, -0.25) is 9.59 Å². The van der Waals surface area contributed by atoms with Crippen molar-refractivity contribution >= 4 is 29.0 Å². The largest absolute Gasteiger partial charge is 0.478 e. The molecule has 0 bridgehead atoms. The monoisotopic (exact) mass is 398 g/mol. The predicted octanol–water partition coefficient (Wildman–Crippen LogP) is 4.99. The molecule has 3 rings (SSSR count). The first kappa shape index (κ1) is 20.5. The van der Waals surface area contributed by atoms with Crippen LogP contribution in [-0.2, 0) is 11.2 Å². The van der Waals surface area contributed by atoms with Gasteiger partial charge in [-0.1, -0.05) is 42.5 Å². The molecule has 0 saturated carbocycles. The minimum Gasteiger partial charge on any atom is -0.478 e. The summed E-state index contributed by atoms with van der Waals surface area (Å²) in [6, 6.07) is 18.1. The van der Waals surface area contributed by atoms with Crippen molar-refractivity contribution in [3.05, 3.63) is 94.8 Å². The highest BCUT2D eigenvalue weighted by Crippen LogP contribution is 2.29. The quantitative estimate of drug-likeness (QED) is 0.452. The summed E-state index contributed by atoms with van der Waals surface area (Å²) in [6.07, 6.45) is -0.0743. The Morgan fingerprint density at radius 2 is 1.63 bits per heavy atom. The van der Waals surface area contributed by atoms with Crippen LogP contribution in [0.3, 0.4) is 0 Å². The molecular weight excluding hydrogens is 380 g/mol. The second-order valence-corrected chi connectivity index (χ2v) is 6.66. The van der Waals surface area contributed by atoms with Crippen molar-refractivity contribution < 1.29 is 19.5 Å². The summed E-state index contributed by atoms with van der Waals surface area (Å²) in [4.78, 5) is 39.2. The molecule has 0 heterocycles. The van der Waals surface area contributed by atoms with E-state index in [-0.39, 0.29) is 23.7 Å². The number of Topliss-reactive ketones (excluding diaryl/α,β-unsaturated/α-hetero) is 1. The molecule has 1 amide bonds. The molecule has 6 nitrogen and oxygen atoms in total. The normalized spacial score (nSPS) is 10.1. The van der Waals surface area contributed by atoms with Crippen LogP contribution in [0.2, 0.25) is 0 Å². The Morgan fingerprint density at radius 3 is 2.20 bits per heavy atom. The molecule has 0 atom stereocenters. The number of aromatic carboxylic acids is 1. The van der Waals surface area contributed by atoms with Crippen molar-refractivity contribution in [1.29, 1.82) is 0 Å². The fourth-order valence-electron chi connectivity index (χ4n) is 3.17. The van der Waals surface area contributed by atoms with Crippen LogP contribution in [0.5, 0.6) is 0 Å². The number of ketones is 1. The number of hydrogen-bond donors (Lipinski definition) is 2. The van der Waals surface area contributed by atoms with Gasteiger partial charge < -0.3 is 10.4 Å². The lowest BCUT2D eigenvalue weighted by atomic mass is 9.92. The molecule has 0 unspecified atom stereocenters. The summed E-state index contributed by atoms with van der Waals surface area (Å²) in [5.41, 5.74) is 3.09. The van der Waals surface area contributed by atoms with E-state index in [1.165, 1.54) is 6.92 Å². The van der Waals surface area contributed by atoms with E-state index in [4.69, 9.17) is 6.57 Å². The molecule has 0 aliphatic carbocycles. The first-order valence-electron chi connectivity index (χ1n) is 9.13. The molecule has 0 spiro atoms. The average Bonchev–Trinajstić information content (AvgIpc) is 2.73. The lowest BCUT2D eigenvalue weighted by molar-refractivity contribution is -0.114. The van der Waals surface area contributed by atoms with Crippen molar-refractivity contribution in [1.82, 2.24) is 0 Å². The van der Waals surface area contributed by atoms with E-state index in [1.54, 1.807) is 66.7 Å². The Labute approximate surface area is 173 Å². The van der Waals surface area contributed by atoms with Crippen LogP contribution in [0.1, 0.15) is 33.2 Å². The van der Waals surface area contributed by atoms with Gasteiger partial charge in [0.05, 0.1) is 12.1 Å². The Kier molecular flexibility index (Phi) is 6.04. The summed E-state index contributed by atoms with van der Waals surface area (Å²) in [6.45, 7) is 8.44. The van der Waals surface area contributed by atoms with Crippen LogP contribution >= 0.6 is 0 Å². The molecule has 148 valence electrons. The van der Waals surface area contributed by atoms with Gasteiger partial charge in [0.1, 0.15) is 0 Å². The van der Waals surface area contributed by atoms with Crippen LogP contribution in [0.25, 0.3) is 16.0 Å². The number of carboxylic acids is 1. The number of carbonyl (C=O) groups is 3. The molecular formula is C24H18N2O4. The SMILES string of the molecule is [C-]#[N+]c1ccc(-c2cccc(CC(=O)c3ccc(NC(C)=O)cc3)c2C(=O)O)cc1. The zero-order valence-electron chi connectivity index (χ0n) is 16.2. The van der Waals surface area contributed by atoms with Gasteiger partial charge in [0.25, 0.3) is 0 Å². The van der Waals surface area contributed by atoms with E-state index in [9.17, 15) is 19.5 Å². The number of carbonyl (C=O) groups excluding carboxylic acids is 2. The van der Waals surface area contributed by atoms with E-state index >= 15 is 0 Å². The summed E-state index contributed by atoms with van der Waals surface area (Å²) >= 11 is 0. The Hall–Kier alpha value is -4.24. The highest BCUT2D eigenvalue weighted by Gasteiger charge is 2.19. The fourth-order valence-corrected chi connectivity index (χ4v) is 3.17. The van der Waals surface area contributed by atoms with Gasteiger partial charge in [0.2, 0.25) is 5.91 Å². The summed E-state index contributed by atoms with van der Waals surface area (Å²) in [5.74, 6) is -1.56. The summed E-state index contributed by atoms with van der Waals surface area (Å²) in [5, 5.41) is 12.4. The molecule has 0 aliphatic rings. The van der Waals surface area contributed by atoms with Gasteiger partial charge in [-0.05, 0) is 41.0 Å².